The Labute approximate surface area is 201 Å². The number of hydrogen-bond acceptors (Lipinski definition) is 7. The number of imide groups is 1. The molecule has 0 radical (unpaired) electrons. The third kappa shape index (κ3) is 4.64. The lowest BCUT2D eigenvalue weighted by molar-refractivity contribution is -0.167. The van der Waals surface area contributed by atoms with Crippen LogP contribution in [0.15, 0.2) is 36.4 Å². The minimum absolute atomic E-state index is 0.0760. The summed E-state index contributed by atoms with van der Waals surface area (Å²) in [4.78, 5) is 40.2. The second kappa shape index (κ2) is 9.37. The van der Waals surface area contributed by atoms with E-state index in [2.05, 4.69) is 27.7 Å². The number of benzene rings is 2. The summed E-state index contributed by atoms with van der Waals surface area (Å²) in [5, 5.41) is 16.2. The van der Waals surface area contributed by atoms with Crippen molar-refractivity contribution in [1.82, 2.24) is 15.1 Å². The number of amides is 3. The predicted molar refractivity (Wildman–Crippen MR) is 123 cm³/mol. The average Bonchev–Trinajstić information content (AvgIpc) is 3.19. The van der Waals surface area contributed by atoms with E-state index in [1.807, 2.05) is 12.1 Å². The molecule has 0 aromatic heterocycles. The molecule has 3 amide bonds. The van der Waals surface area contributed by atoms with Gasteiger partial charge in [0.15, 0.2) is 0 Å². The molecule has 2 fully saturated rings. The normalized spacial score (nSPS) is 22.8. The lowest BCUT2D eigenvalue weighted by Crippen LogP contribution is -2.63. The van der Waals surface area contributed by atoms with Crippen LogP contribution in [-0.4, -0.2) is 64.7 Å². The summed E-state index contributed by atoms with van der Waals surface area (Å²) in [7, 11) is 0. The lowest BCUT2D eigenvalue weighted by Gasteiger charge is -2.37. The Morgan fingerprint density at radius 1 is 1.09 bits per heavy atom. The summed E-state index contributed by atoms with van der Waals surface area (Å²) >= 11 is 0. The maximum atomic E-state index is 14.4. The quantitative estimate of drug-likeness (QED) is 0.533. The first-order valence-electron chi connectivity index (χ1n) is 11.7. The molecule has 0 bridgehead atoms. The molecular weight excluding hydrogens is 455 g/mol. The molecule has 5 rings (SSSR count). The van der Waals surface area contributed by atoms with Gasteiger partial charge in [0.05, 0.1) is 19.8 Å². The van der Waals surface area contributed by atoms with Gasteiger partial charge in [-0.1, -0.05) is 24.3 Å². The first-order valence-corrected chi connectivity index (χ1v) is 11.7. The summed E-state index contributed by atoms with van der Waals surface area (Å²) in [6, 6.07) is 10.5. The molecule has 2 aromatic rings. The summed E-state index contributed by atoms with van der Waals surface area (Å²) in [6.07, 6.45) is -0.303. The molecule has 0 spiro atoms. The summed E-state index contributed by atoms with van der Waals surface area (Å²) in [5.41, 5.74) is 1.03. The third-order valence-corrected chi connectivity index (χ3v) is 6.79. The largest absolute Gasteiger partial charge is 0.381 e. The van der Waals surface area contributed by atoms with E-state index in [1.165, 1.54) is 11.6 Å². The third-order valence-electron chi connectivity index (χ3n) is 6.79. The molecule has 0 saturated carbocycles. The molecule has 10 heteroatoms. The van der Waals surface area contributed by atoms with Gasteiger partial charge >= 0.3 is 0 Å². The molecule has 2 aromatic carbocycles. The number of ether oxygens (including phenoxy) is 1. The second-order valence-electron chi connectivity index (χ2n) is 9.12. The molecule has 35 heavy (non-hydrogen) atoms. The van der Waals surface area contributed by atoms with Crippen molar-refractivity contribution in [2.24, 2.45) is 0 Å². The number of anilines is 1. The molecule has 1 unspecified atom stereocenters. The first kappa shape index (κ1) is 23.4. The van der Waals surface area contributed by atoms with Crippen LogP contribution in [0, 0.1) is 5.82 Å². The summed E-state index contributed by atoms with van der Waals surface area (Å²) < 4.78 is 19.8. The van der Waals surface area contributed by atoms with Gasteiger partial charge in [0.25, 0.3) is 11.8 Å². The highest BCUT2D eigenvalue weighted by Gasteiger charge is 2.51. The predicted octanol–water partition coefficient (Wildman–Crippen LogP) is 1.35. The van der Waals surface area contributed by atoms with Crippen molar-refractivity contribution >= 4 is 23.4 Å². The van der Waals surface area contributed by atoms with Crippen LogP contribution in [0.5, 0.6) is 0 Å². The number of nitrogens with zero attached hydrogens (tertiary/aromatic N) is 2. The van der Waals surface area contributed by atoms with Crippen molar-refractivity contribution < 1.29 is 28.6 Å². The zero-order valence-corrected chi connectivity index (χ0v) is 19.2. The molecule has 1 atom stereocenters. The number of morpholine rings is 1. The number of carbonyl (C=O) groups excluding carboxylic acids is 3. The number of hydrogen-bond donors (Lipinski definition) is 3. The van der Waals surface area contributed by atoms with E-state index < -0.39 is 29.3 Å². The molecule has 0 aliphatic carbocycles. The van der Waals surface area contributed by atoms with Crippen molar-refractivity contribution in [3.8, 4) is 0 Å². The highest BCUT2D eigenvalue weighted by Crippen LogP contribution is 2.36. The first-order chi connectivity index (χ1) is 16.8. The van der Waals surface area contributed by atoms with Gasteiger partial charge in [-0.15, -0.1) is 0 Å². The van der Waals surface area contributed by atoms with Crippen molar-refractivity contribution in [1.29, 1.82) is 0 Å². The maximum Gasteiger partial charge on any atom is 0.279 e. The Balaban J connectivity index is 1.29. The fourth-order valence-corrected chi connectivity index (χ4v) is 4.76. The number of halogens is 1. The van der Waals surface area contributed by atoms with E-state index in [4.69, 9.17) is 4.74 Å². The van der Waals surface area contributed by atoms with E-state index in [9.17, 15) is 23.9 Å². The Kier molecular flexibility index (Phi) is 6.26. The molecule has 2 saturated heterocycles. The lowest BCUT2D eigenvalue weighted by atomic mass is 10.00. The summed E-state index contributed by atoms with van der Waals surface area (Å²) in [6.45, 7) is 4.51. The van der Waals surface area contributed by atoms with Crippen LogP contribution < -0.4 is 10.6 Å². The van der Waals surface area contributed by atoms with E-state index >= 15 is 0 Å². The molecule has 3 aliphatic heterocycles. The molecule has 184 valence electrons. The Morgan fingerprint density at radius 2 is 1.80 bits per heavy atom. The summed E-state index contributed by atoms with van der Waals surface area (Å²) in [5.74, 6) is -2.70. The fourth-order valence-electron chi connectivity index (χ4n) is 4.76. The zero-order valence-electron chi connectivity index (χ0n) is 19.2. The number of aliphatic hydroxyl groups is 1. The number of rotatable bonds is 6. The smallest absolute Gasteiger partial charge is 0.279 e. The van der Waals surface area contributed by atoms with Gasteiger partial charge in [-0.25, -0.2) is 4.39 Å². The van der Waals surface area contributed by atoms with Crippen molar-refractivity contribution in [2.75, 3.05) is 31.6 Å². The van der Waals surface area contributed by atoms with Crippen LogP contribution in [0.25, 0.3) is 0 Å². The van der Waals surface area contributed by atoms with Crippen LogP contribution in [0.3, 0.4) is 0 Å². The average molecular weight is 483 g/mol. The number of piperidine rings is 1. The highest BCUT2D eigenvalue weighted by molar-refractivity contribution is 6.07. The highest BCUT2D eigenvalue weighted by atomic mass is 19.1. The molecule has 3 heterocycles. The van der Waals surface area contributed by atoms with Crippen molar-refractivity contribution in [3.63, 3.8) is 0 Å². The topological polar surface area (TPSA) is 111 Å². The van der Waals surface area contributed by atoms with Gasteiger partial charge in [-0.3, -0.25) is 29.5 Å². The second-order valence-corrected chi connectivity index (χ2v) is 9.12. The van der Waals surface area contributed by atoms with E-state index in [0.717, 1.165) is 49.4 Å². The fraction of sp³-hybridized carbons (Fsp3) is 0.400. The van der Waals surface area contributed by atoms with Crippen LogP contribution in [-0.2, 0) is 34.0 Å². The van der Waals surface area contributed by atoms with Crippen LogP contribution in [0.4, 0.5) is 10.1 Å². The van der Waals surface area contributed by atoms with E-state index in [0.29, 0.717) is 17.8 Å². The zero-order chi connectivity index (χ0) is 24.6. The van der Waals surface area contributed by atoms with Crippen LogP contribution in [0.2, 0.25) is 0 Å². The van der Waals surface area contributed by atoms with E-state index in [1.54, 1.807) is 0 Å². The van der Waals surface area contributed by atoms with Crippen LogP contribution >= 0.6 is 0 Å². The molecule has 3 N–H and O–H groups in total. The number of carbonyl (C=O) groups is 3. The Bertz CT molecular complexity index is 1170. The Hall–Kier alpha value is -3.34. The van der Waals surface area contributed by atoms with E-state index in [-0.39, 0.29) is 24.9 Å². The molecular formula is C25H27FN4O5. The van der Waals surface area contributed by atoms with Gasteiger partial charge in [0.2, 0.25) is 11.6 Å². The monoisotopic (exact) mass is 482 g/mol. The number of fused-ring (bicyclic) bond motifs is 1. The molecule has 9 nitrogen and oxygen atoms in total. The van der Waals surface area contributed by atoms with Gasteiger partial charge in [0, 0.05) is 55.8 Å². The minimum atomic E-state index is -2.16. The van der Waals surface area contributed by atoms with Crippen molar-refractivity contribution in [2.45, 2.75) is 38.2 Å². The van der Waals surface area contributed by atoms with Crippen molar-refractivity contribution in [3.05, 3.63) is 64.5 Å². The maximum absolute atomic E-state index is 14.4. The Morgan fingerprint density at radius 3 is 2.51 bits per heavy atom. The van der Waals surface area contributed by atoms with Gasteiger partial charge < -0.3 is 15.2 Å². The minimum Gasteiger partial charge on any atom is -0.381 e. The van der Waals surface area contributed by atoms with Gasteiger partial charge in [-0.2, -0.15) is 0 Å². The van der Waals surface area contributed by atoms with Crippen LogP contribution in [0.1, 0.15) is 39.9 Å². The SMILES string of the molecule is O=C1CCC(O)(N2Cc3c(NCc4ccc(CN5CCOCC5)cc4)cc(F)cc3C2=O)C(=O)N1. The number of nitrogens with one attached hydrogen (secondary N) is 2. The standard InChI is InChI=1S/C25H27FN4O5/c26-18-11-19-20(15-30(23(19)32)25(34)6-5-22(31)28-24(25)33)21(12-18)27-13-16-1-3-17(4-2-16)14-29-7-9-35-10-8-29/h1-4,11-12,27,34H,5-10,13-15H2,(H,28,31,33). The van der Waals surface area contributed by atoms with Gasteiger partial charge in [0.1, 0.15) is 5.82 Å². The molecule has 3 aliphatic rings. The van der Waals surface area contributed by atoms with Gasteiger partial charge in [-0.05, 0) is 23.3 Å².